The number of piperazine rings is 2. The maximum atomic E-state index is 13.7. The Labute approximate surface area is 235 Å². The number of rotatable bonds is 4. The maximum absolute atomic E-state index is 13.7. The highest BCUT2D eigenvalue weighted by Crippen LogP contribution is 2.34. The fourth-order valence-corrected chi connectivity index (χ4v) is 5.58. The Balaban J connectivity index is 1.41. The number of pyridine rings is 1. The molecule has 4 heterocycles. The van der Waals surface area contributed by atoms with Gasteiger partial charge in [-0.05, 0) is 31.7 Å². The summed E-state index contributed by atoms with van der Waals surface area (Å²) in [6, 6.07) is 7.72. The van der Waals surface area contributed by atoms with E-state index in [9.17, 15) is 14.7 Å². The number of benzene rings is 1. The number of aliphatic hydroxyl groups is 1. The molecular formula is C29H40N8O3. The van der Waals surface area contributed by atoms with E-state index in [0.29, 0.717) is 24.3 Å². The van der Waals surface area contributed by atoms with Gasteiger partial charge in [-0.25, -0.2) is 0 Å². The summed E-state index contributed by atoms with van der Waals surface area (Å²) in [6.07, 6.45) is 4.05. The van der Waals surface area contributed by atoms with Crippen molar-refractivity contribution in [3.05, 3.63) is 48.4 Å². The van der Waals surface area contributed by atoms with E-state index in [1.165, 1.54) is 6.20 Å². The number of aromatic nitrogens is 3. The molecule has 40 heavy (non-hydrogen) atoms. The van der Waals surface area contributed by atoms with Gasteiger partial charge in [-0.2, -0.15) is 5.10 Å². The monoisotopic (exact) mass is 548 g/mol. The molecule has 0 spiro atoms. The van der Waals surface area contributed by atoms with E-state index in [4.69, 9.17) is 0 Å². The molecular weight excluding hydrogens is 508 g/mol. The molecule has 0 aliphatic carbocycles. The van der Waals surface area contributed by atoms with Crippen LogP contribution in [0.1, 0.15) is 39.3 Å². The average molecular weight is 549 g/mol. The van der Waals surface area contributed by atoms with Crippen molar-refractivity contribution in [3.8, 4) is 0 Å². The molecule has 2 aliphatic heterocycles. The van der Waals surface area contributed by atoms with Crippen molar-refractivity contribution in [2.45, 2.75) is 46.0 Å². The summed E-state index contributed by atoms with van der Waals surface area (Å²) in [5, 5.41) is 21.5. The maximum Gasteiger partial charge on any atom is 0.314 e. The molecule has 2 aromatic heterocycles. The number of carbonyl (C=O) groups excluding carboxylic acids is 2. The number of fused-ring (bicyclic) bond motifs is 1. The number of nitrogens with zero attached hydrogens (tertiary/aromatic N) is 6. The largest absolute Gasteiger partial charge is 0.378 e. The van der Waals surface area contributed by atoms with Gasteiger partial charge in [0.25, 0.3) is 0 Å². The Hall–Kier alpha value is -3.54. The predicted molar refractivity (Wildman–Crippen MR) is 155 cm³/mol. The van der Waals surface area contributed by atoms with Crippen LogP contribution >= 0.6 is 0 Å². The second kappa shape index (κ2) is 11.1. The second-order valence-corrected chi connectivity index (χ2v) is 12.1. The molecule has 3 N–H and O–H groups in total. The van der Waals surface area contributed by atoms with Gasteiger partial charge >= 0.3 is 11.8 Å². The van der Waals surface area contributed by atoms with Crippen LogP contribution in [0.3, 0.4) is 0 Å². The number of anilines is 2. The number of aromatic amines is 1. The van der Waals surface area contributed by atoms with Crippen LogP contribution in [-0.2, 0) is 9.59 Å². The fourth-order valence-electron chi connectivity index (χ4n) is 5.58. The Morgan fingerprint density at radius 1 is 1.05 bits per heavy atom. The Kier molecular flexibility index (Phi) is 7.80. The number of carbonyl (C=O) groups is 2. The van der Waals surface area contributed by atoms with Crippen molar-refractivity contribution in [3.63, 3.8) is 0 Å². The third-order valence-corrected chi connectivity index (χ3v) is 8.08. The van der Waals surface area contributed by atoms with Gasteiger partial charge in [0, 0.05) is 68.0 Å². The van der Waals surface area contributed by atoms with Gasteiger partial charge in [-0.3, -0.25) is 24.6 Å². The van der Waals surface area contributed by atoms with E-state index < -0.39 is 24.1 Å². The molecule has 2 saturated heterocycles. The molecule has 11 heteroatoms. The zero-order chi connectivity index (χ0) is 28.6. The van der Waals surface area contributed by atoms with E-state index in [-0.39, 0.29) is 11.5 Å². The molecule has 1 aromatic carbocycles. The lowest BCUT2D eigenvalue weighted by Gasteiger charge is -2.49. The molecule has 2 fully saturated rings. The highest BCUT2D eigenvalue weighted by molar-refractivity contribution is 6.40. The first-order chi connectivity index (χ1) is 19.0. The first-order valence-corrected chi connectivity index (χ1v) is 13.9. The molecule has 2 aliphatic rings. The third kappa shape index (κ3) is 5.67. The summed E-state index contributed by atoms with van der Waals surface area (Å²) >= 11 is 0. The van der Waals surface area contributed by atoms with Gasteiger partial charge in [-0.15, -0.1) is 0 Å². The quantitative estimate of drug-likeness (QED) is 0.425. The first kappa shape index (κ1) is 28.0. The lowest BCUT2D eigenvalue weighted by molar-refractivity contribution is -0.156. The van der Waals surface area contributed by atoms with E-state index in [0.717, 1.165) is 42.8 Å². The fraction of sp³-hybridized carbons (Fsp3) is 0.517. The number of amides is 2. The van der Waals surface area contributed by atoms with Gasteiger partial charge in [0.1, 0.15) is 6.23 Å². The zero-order valence-corrected chi connectivity index (χ0v) is 24.0. The van der Waals surface area contributed by atoms with Gasteiger partial charge < -0.3 is 25.1 Å². The minimum atomic E-state index is -0.736. The highest BCUT2D eigenvalue weighted by atomic mass is 16.3. The molecule has 1 unspecified atom stereocenters. The number of H-pyrrole nitrogens is 1. The molecule has 0 saturated carbocycles. The summed E-state index contributed by atoms with van der Waals surface area (Å²) in [6.45, 7) is 12.6. The van der Waals surface area contributed by atoms with Crippen LogP contribution in [0, 0.1) is 5.41 Å². The first-order valence-electron chi connectivity index (χ1n) is 13.9. The van der Waals surface area contributed by atoms with Crippen LogP contribution in [0.15, 0.2) is 42.9 Å². The normalized spacial score (nSPS) is 21.9. The standard InChI is InChI=1S/C29H40N8O3/c1-19-17-37(27(39)26(38)32-23-16-30-14-21-15-31-33-25(21)23)24(18-36(19)28(40)29(2,3)4)20-6-8-22(9-7-20)35-12-10-34(5)11-13-35/h6-9,14-16,19,24,28,40H,10-13,17-18H2,1-5H3,(H,31,33)(H,32,38)/t19-,24-,28?/m1/s1. The predicted octanol–water partition coefficient (Wildman–Crippen LogP) is 2.29. The number of aliphatic hydroxyl groups excluding tert-OH is 1. The molecule has 5 rings (SSSR count). The Bertz CT molecular complexity index is 1340. The van der Waals surface area contributed by atoms with Crippen molar-refractivity contribution in [2.75, 3.05) is 56.5 Å². The molecule has 2 amide bonds. The molecule has 11 nitrogen and oxygen atoms in total. The van der Waals surface area contributed by atoms with Crippen LogP contribution in [-0.4, -0.2) is 105 Å². The van der Waals surface area contributed by atoms with Crippen molar-refractivity contribution in [1.82, 2.24) is 29.9 Å². The van der Waals surface area contributed by atoms with Crippen molar-refractivity contribution in [2.24, 2.45) is 5.41 Å². The van der Waals surface area contributed by atoms with E-state index in [1.807, 2.05) is 44.7 Å². The molecule has 3 atom stereocenters. The van der Waals surface area contributed by atoms with Crippen LogP contribution < -0.4 is 10.2 Å². The van der Waals surface area contributed by atoms with Crippen molar-refractivity contribution < 1.29 is 14.7 Å². The minimum Gasteiger partial charge on any atom is -0.378 e. The SMILES string of the molecule is C[C@@H]1CN(C(=O)C(=O)Nc2cncc3cn[nH]c23)[C@@H](c2ccc(N3CCN(C)CC3)cc2)CN1C(O)C(C)(C)C. The number of hydrogen-bond acceptors (Lipinski definition) is 8. The van der Waals surface area contributed by atoms with Gasteiger partial charge in [0.15, 0.2) is 0 Å². The van der Waals surface area contributed by atoms with Crippen molar-refractivity contribution >= 4 is 34.1 Å². The minimum absolute atomic E-state index is 0.149. The smallest absolute Gasteiger partial charge is 0.314 e. The summed E-state index contributed by atoms with van der Waals surface area (Å²) in [4.78, 5) is 39.5. The molecule has 0 radical (unpaired) electrons. The number of nitrogens with one attached hydrogen (secondary N) is 2. The highest BCUT2D eigenvalue weighted by Gasteiger charge is 2.42. The lowest BCUT2D eigenvalue weighted by Crippen LogP contribution is -2.61. The Morgan fingerprint density at radius 3 is 2.42 bits per heavy atom. The average Bonchev–Trinajstić information content (AvgIpc) is 3.42. The van der Waals surface area contributed by atoms with Gasteiger partial charge in [0.05, 0.1) is 29.6 Å². The molecule has 0 bridgehead atoms. The van der Waals surface area contributed by atoms with Gasteiger partial charge in [0.2, 0.25) is 0 Å². The number of hydrogen-bond donors (Lipinski definition) is 3. The number of likely N-dealkylation sites (N-methyl/N-ethyl adjacent to an activating group) is 1. The summed E-state index contributed by atoms with van der Waals surface area (Å²) in [7, 11) is 2.13. The topological polar surface area (TPSA) is 121 Å². The van der Waals surface area contributed by atoms with Gasteiger partial charge in [-0.1, -0.05) is 32.9 Å². The van der Waals surface area contributed by atoms with E-state index >= 15 is 0 Å². The van der Waals surface area contributed by atoms with Crippen molar-refractivity contribution in [1.29, 1.82) is 0 Å². The lowest BCUT2D eigenvalue weighted by atomic mass is 9.90. The van der Waals surface area contributed by atoms with E-state index in [1.54, 1.807) is 17.3 Å². The summed E-state index contributed by atoms with van der Waals surface area (Å²) in [5.74, 6) is -1.36. The third-order valence-electron chi connectivity index (χ3n) is 8.08. The molecule has 3 aromatic rings. The summed E-state index contributed by atoms with van der Waals surface area (Å²) < 4.78 is 0. The second-order valence-electron chi connectivity index (χ2n) is 12.1. The zero-order valence-electron chi connectivity index (χ0n) is 24.0. The van der Waals surface area contributed by atoms with Crippen LogP contribution in [0.2, 0.25) is 0 Å². The van der Waals surface area contributed by atoms with Crippen LogP contribution in [0.25, 0.3) is 10.9 Å². The van der Waals surface area contributed by atoms with E-state index in [2.05, 4.69) is 49.5 Å². The summed E-state index contributed by atoms with van der Waals surface area (Å²) in [5.41, 5.74) is 2.70. The Morgan fingerprint density at radius 2 is 1.75 bits per heavy atom. The van der Waals surface area contributed by atoms with Crippen LogP contribution in [0.5, 0.6) is 0 Å². The van der Waals surface area contributed by atoms with Crippen LogP contribution in [0.4, 0.5) is 11.4 Å². The molecule has 214 valence electrons.